The molecule has 2 aromatic carbocycles. The van der Waals surface area contributed by atoms with E-state index in [9.17, 15) is 20.1 Å². The highest BCUT2D eigenvalue weighted by atomic mass is 16.5. The molecule has 4 N–H and O–H groups in total. The Kier molecular flexibility index (Phi) is 5.20. The normalized spacial score (nSPS) is 12.1. The number of aliphatic hydroxyl groups excluding tert-OH is 2. The molecule has 1 unspecified atom stereocenters. The topological polar surface area (TPSA) is 130 Å². The molecule has 0 amide bonds. The van der Waals surface area contributed by atoms with Crippen LogP contribution in [0.5, 0.6) is 23.0 Å². The Morgan fingerprint density at radius 3 is 2.56 bits per heavy atom. The van der Waals surface area contributed by atoms with Gasteiger partial charge in [-0.25, -0.2) is 0 Å². The van der Waals surface area contributed by atoms with Crippen LogP contribution in [0.1, 0.15) is 0 Å². The van der Waals surface area contributed by atoms with Gasteiger partial charge < -0.3 is 34.3 Å². The van der Waals surface area contributed by atoms with Crippen LogP contribution >= 0.6 is 0 Å². The molecule has 0 aliphatic carbocycles. The summed E-state index contributed by atoms with van der Waals surface area (Å²) in [5.74, 6) is 0.162. The van der Waals surface area contributed by atoms with E-state index < -0.39 is 18.1 Å². The first-order valence-electron chi connectivity index (χ1n) is 8.03. The maximum Gasteiger partial charge on any atom is 0.197 e. The SMILES string of the molecule is COc1ccc(-c2cc(=O)c3c(O)cc(OCC(O)CO)cc3o2)cc1O. The van der Waals surface area contributed by atoms with E-state index >= 15 is 0 Å². The number of fused-ring (bicyclic) bond motifs is 1. The molecule has 0 radical (unpaired) electrons. The van der Waals surface area contributed by atoms with Crippen molar-refractivity contribution in [3.05, 3.63) is 46.6 Å². The summed E-state index contributed by atoms with van der Waals surface area (Å²) in [6.07, 6.45) is -1.08. The summed E-state index contributed by atoms with van der Waals surface area (Å²) in [5.41, 5.74) is 0.0381. The summed E-state index contributed by atoms with van der Waals surface area (Å²) < 4.78 is 16.0. The average Bonchev–Trinajstić information content (AvgIpc) is 2.65. The van der Waals surface area contributed by atoms with Gasteiger partial charge in [0.1, 0.15) is 40.9 Å². The molecule has 3 rings (SSSR count). The molecular formula is C19H18O8. The Labute approximate surface area is 153 Å². The van der Waals surface area contributed by atoms with Crippen LogP contribution < -0.4 is 14.9 Å². The summed E-state index contributed by atoms with van der Waals surface area (Å²) in [7, 11) is 1.42. The molecule has 0 spiro atoms. The quantitative estimate of drug-likeness (QED) is 0.512. The van der Waals surface area contributed by atoms with Crippen molar-refractivity contribution in [2.45, 2.75) is 6.10 Å². The molecule has 0 aliphatic heterocycles. The highest BCUT2D eigenvalue weighted by Gasteiger charge is 2.14. The van der Waals surface area contributed by atoms with Crippen LogP contribution in [0.15, 0.2) is 45.6 Å². The summed E-state index contributed by atoms with van der Waals surface area (Å²) in [5, 5.41) is 38.2. The molecule has 0 saturated heterocycles. The standard InChI is InChI=1S/C19H18O8/c1-25-16-3-2-10(4-13(16)22)17-7-15(24)19-14(23)5-12(6-18(19)27-17)26-9-11(21)8-20/h2-7,11,20-23H,8-9H2,1H3. The van der Waals surface area contributed by atoms with Crippen molar-refractivity contribution in [2.75, 3.05) is 20.3 Å². The van der Waals surface area contributed by atoms with E-state index in [4.69, 9.17) is 19.0 Å². The van der Waals surface area contributed by atoms with E-state index in [0.29, 0.717) is 5.56 Å². The number of rotatable bonds is 6. The third-order valence-corrected chi connectivity index (χ3v) is 3.90. The number of methoxy groups -OCH3 is 1. The summed E-state index contributed by atoms with van der Waals surface area (Å²) >= 11 is 0. The molecule has 0 fully saturated rings. The number of phenolic OH excluding ortho intramolecular Hbond substituents is 2. The van der Waals surface area contributed by atoms with Gasteiger partial charge in [0.2, 0.25) is 0 Å². The van der Waals surface area contributed by atoms with E-state index in [-0.39, 0.29) is 46.3 Å². The predicted molar refractivity (Wildman–Crippen MR) is 96.4 cm³/mol. The molecule has 1 heterocycles. The van der Waals surface area contributed by atoms with Crippen LogP contribution in [-0.4, -0.2) is 46.9 Å². The van der Waals surface area contributed by atoms with E-state index in [1.807, 2.05) is 0 Å². The first-order valence-corrected chi connectivity index (χ1v) is 8.03. The summed E-state index contributed by atoms with van der Waals surface area (Å²) in [4.78, 5) is 12.4. The number of phenols is 2. The summed E-state index contributed by atoms with van der Waals surface area (Å²) in [6.45, 7) is -0.669. The number of ether oxygens (including phenoxy) is 2. The predicted octanol–water partition coefficient (Wildman–Crippen LogP) is 1.61. The highest BCUT2D eigenvalue weighted by Crippen LogP contribution is 2.34. The van der Waals surface area contributed by atoms with Gasteiger partial charge >= 0.3 is 0 Å². The minimum Gasteiger partial charge on any atom is -0.507 e. The van der Waals surface area contributed by atoms with E-state index in [0.717, 1.165) is 0 Å². The molecule has 27 heavy (non-hydrogen) atoms. The van der Waals surface area contributed by atoms with Crippen LogP contribution in [0, 0.1) is 0 Å². The minimum absolute atomic E-state index is 0.0217. The lowest BCUT2D eigenvalue weighted by Crippen LogP contribution is -2.21. The fourth-order valence-corrected chi connectivity index (χ4v) is 2.56. The largest absolute Gasteiger partial charge is 0.507 e. The molecule has 8 heteroatoms. The zero-order valence-electron chi connectivity index (χ0n) is 14.4. The van der Waals surface area contributed by atoms with Gasteiger partial charge in [-0.2, -0.15) is 0 Å². The molecule has 0 saturated carbocycles. The molecule has 0 bridgehead atoms. The Hall–Kier alpha value is -3.23. The Balaban J connectivity index is 2.06. The minimum atomic E-state index is -1.08. The van der Waals surface area contributed by atoms with Gasteiger partial charge in [-0.05, 0) is 18.2 Å². The maximum absolute atomic E-state index is 12.4. The average molecular weight is 374 g/mol. The van der Waals surface area contributed by atoms with Crippen LogP contribution in [0.25, 0.3) is 22.3 Å². The van der Waals surface area contributed by atoms with Gasteiger partial charge in [0.15, 0.2) is 16.9 Å². The molecule has 3 aromatic rings. The number of aliphatic hydroxyl groups is 2. The summed E-state index contributed by atoms with van der Waals surface area (Å²) in [6, 6.07) is 8.36. The van der Waals surface area contributed by atoms with Crippen molar-refractivity contribution < 1.29 is 34.3 Å². The second kappa shape index (κ2) is 7.56. The fraction of sp³-hybridized carbons (Fsp3) is 0.211. The van der Waals surface area contributed by atoms with Gasteiger partial charge in [-0.15, -0.1) is 0 Å². The van der Waals surface area contributed by atoms with Crippen LogP contribution in [0.4, 0.5) is 0 Å². The number of hydrogen-bond donors (Lipinski definition) is 4. The van der Waals surface area contributed by atoms with Crippen LogP contribution in [0.3, 0.4) is 0 Å². The molecule has 8 nitrogen and oxygen atoms in total. The molecule has 1 aromatic heterocycles. The second-order valence-corrected chi connectivity index (χ2v) is 5.82. The smallest absolute Gasteiger partial charge is 0.197 e. The van der Waals surface area contributed by atoms with Crippen LogP contribution in [-0.2, 0) is 0 Å². The Bertz CT molecular complexity index is 1020. The van der Waals surface area contributed by atoms with Gasteiger partial charge in [-0.3, -0.25) is 4.79 Å². The maximum atomic E-state index is 12.4. The molecular weight excluding hydrogens is 356 g/mol. The highest BCUT2D eigenvalue weighted by molar-refractivity contribution is 5.86. The zero-order chi connectivity index (χ0) is 19.6. The fourth-order valence-electron chi connectivity index (χ4n) is 2.56. The number of hydrogen-bond acceptors (Lipinski definition) is 8. The van der Waals surface area contributed by atoms with Gasteiger partial charge in [0, 0.05) is 23.8 Å². The van der Waals surface area contributed by atoms with Gasteiger partial charge in [-0.1, -0.05) is 0 Å². The van der Waals surface area contributed by atoms with Gasteiger partial charge in [0.25, 0.3) is 0 Å². The van der Waals surface area contributed by atoms with Gasteiger partial charge in [0.05, 0.1) is 13.7 Å². The zero-order valence-corrected chi connectivity index (χ0v) is 14.4. The van der Waals surface area contributed by atoms with Crippen molar-refractivity contribution in [3.8, 4) is 34.3 Å². The lowest BCUT2D eigenvalue weighted by molar-refractivity contribution is 0.0535. The first kappa shape index (κ1) is 18.6. The Morgan fingerprint density at radius 2 is 1.89 bits per heavy atom. The van der Waals surface area contributed by atoms with Crippen molar-refractivity contribution in [1.29, 1.82) is 0 Å². The Morgan fingerprint density at radius 1 is 1.11 bits per heavy atom. The van der Waals surface area contributed by atoms with E-state index in [1.165, 1.54) is 37.4 Å². The molecule has 0 aliphatic rings. The number of benzene rings is 2. The van der Waals surface area contributed by atoms with Crippen molar-refractivity contribution >= 4 is 11.0 Å². The lowest BCUT2D eigenvalue weighted by atomic mass is 10.1. The monoisotopic (exact) mass is 374 g/mol. The van der Waals surface area contributed by atoms with Crippen molar-refractivity contribution in [1.82, 2.24) is 0 Å². The third kappa shape index (κ3) is 3.81. The first-order chi connectivity index (χ1) is 12.9. The van der Waals surface area contributed by atoms with Crippen LogP contribution in [0.2, 0.25) is 0 Å². The molecule has 1 atom stereocenters. The third-order valence-electron chi connectivity index (χ3n) is 3.90. The van der Waals surface area contributed by atoms with Crippen molar-refractivity contribution in [3.63, 3.8) is 0 Å². The van der Waals surface area contributed by atoms with E-state index in [1.54, 1.807) is 6.07 Å². The van der Waals surface area contributed by atoms with Crippen molar-refractivity contribution in [2.24, 2.45) is 0 Å². The molecule has 142 valence electrons. The second-order valence-electron chi connectivity index (χ2n) is 5.82. The van der Waals surface area contributed by atoms with E-state index in [2.05, 4.69) is 0 Å². The number of aromatic hydroxyl groups is 2. The lowest BCUT2D eigenvalue weighted by Gasteiger charge is -2.11.